The summed E-state index contributed by atoms with van der Waals surface area (Å²) in [4.78, 5) is 20.6. The van der Waals surface area contributed by atoms with E-state index < -0.39 is 0 Å². The van der Waals surface area contributed by atoms with Gasteiger partial charge in [0, 0.05) is 18.4 Å². The average molecular weight is 323 g/mol. The summed E-state index contributed by atoms with van der Waals surface area (Å²) in [5.41, 5.74) is 1.05. The first kappa shape index (κ1) is 14.3. The fourth-order valence-electron chi connectivity index (χ4n) is 1.93. The highest BCUT2D eigenvalue weighted by atomic mass is 35.5. The van der Waals surface area contributed by atoms with Crippen LogP contribution in [0.2, 0.25) is 5.15 Å². The second-order valence-corrected chi connectivity index (χ2v) is 6.65. The molecule has 2 aromatic rings. The number of pyridine rings is 1. The van der Waals surface area contributed by atoms with Gasteiger partial charge in [-0.3, -0.25) is 4.79 Å². The fraction of sp³-hybridized carbons (Fsp3) is 0.357. The van der Waals surface area contributed by atoms with Crippen LogP contribution in [0.15, 0.2) is 18.3 Å². The number of carbonyl (C=O) groups is 1. The molecule has 2 aromatic heterocycles. The Balaban J connectivity index is 1.73. The molecule has 0 radical (unpaired) electrons. The summed E-state index contributed by atoms with van der Waals surface area (Å²) in [6, 6.07) is 3.30. The van der Waals surface area contributed by atoms with Crippen molar-refractivity contribution >= 4 is 39.5 Å². The van der Waals surface area contributed by atoms with Crippen molar-refractivity contribution in [1.29, 1.82) is 0 Å². The van der Waals surface area contributed by atoms with Crippen LogP contribution >= 0.6 is 22.9 Å². The Hall–Kier alpha value is -1.66. The van der Waals surface area contributed by atoms with E-state index in [1.807, 2.05) is 6.92 Å². The molecule has 7 heteroatoms. The number of nitrogens with zero attached hydrogens (tertiary/aromatic N) is 2. The van der Waals surface area contributed by atoms with E-state index in [4.69, 9.17) is 11.6 Å². The second kappa shape index (κ2) is 5.99. The molecule has 1 aliphatic carbocycles. The monoisotopic (exact) mass is 322 g/mol. The number of hydrogen-bond acceptors (Lipinski definition) is 5. The molecule has 0 unspecified atom stereocenters. The Bertz CT molecular complexity index is 669. The number of anilines is 2. The van der Waals surface area contributed by atoms with E-state index in [0.717, 1.165) is 22.5 Å². The normalized spacial score (nSPS) is 14.0. The summed E-state index contributed by atoms with van der Waals surface area (Å²) in [5.74, 6) is 0.502. The summed E-state index contributed by atoms with van der Waals surface area (Å²) >= 11 is 7.32. The largest absolute Gasteiger partial charge is 0.375 e. The molecule has 0 aliphatic heterocycles. The Morgan fingerprint density at radius 2 is 2.33 bits per heavy atom. The lowest BCUT2D eigenvalue weighted by Crippen LogP contribution is -2.15. The van der Waals surface area contributed by atoms with Gasteiger partial charge in [0.1, 0.15) is 10.2 Å². The molecule has 0 saturated heterocycles. The number of halogens is 1. The molecule has 0 spiro atoms. The highest BCUT2D eigenvalue weighted by Crippen LogP contribution is 2.31. The van der Waals surface area contributed by atoms with Crippen LogP contribution in [0, 0.1) is 12.8 Å². The van der Waals surface area contributed by atoms with Crippen molar-refractivity contribution in [2.24, 2.45) is 5.92 Å². The number of rotatable bonds is 5. The van der Waals surface area contributed by atoms with E-state index in [2.05, 4.69) is 20.6 Å². The molecule has 0 bridgehead atoms. The van der Waals surface area contributed by atoms with Crippen LogP contribution in [0.4, 0.5) is 10.7 Å². The van der Waals surface area contributed by atoms with E-state index in [9.17, 15) is 4.79 Å². The Labute approximate surface area is 131 Å². The molecular weight excluding hydrogens is 308 g/mol. The molecule has 1 saturated carbocycles. The lowest BCUT2D eigenvalue weighted by Gasteiger charge is -2.06. The quantitative estimate of drug-likeness (QED) is 0.826. The molecule has 2 heterocycles. The zero-order valence-electron chi connectivity index (χ0n) is 11.5. The van der Waals surface area contributed by atoms with Gasteiger partial charge in [-0.1, -0.05) is 11.6 Å². The predicted molar refractivity (Wildman–Crippen MR) is 85.3 cm³/mol. The lowest BCUT2D eigenvalue weighted by atomic mass is 10.3. The first-order chi connectivity index (χ1) is 10.1. The van der Waals surface area contributed by atoms with Crippen LogP contribution < -0.4 is 10.6 Å². The topological polar surface area (TPSA) is 66.9 Å². The standard InChI is InChI=1S/C14H15ClN4OS/c1-8-18-12(14(21-8)17-7-9-2-3-9)13(20)19-10-4-5-16-11(15)6-10/h4-6,9,17H,2-3,7H2,1H3,(H,16,19,20). The van der Waals surface area contributed by atoms with Gasteiger partial charge in [-0.25, -0.2) is 9.97 Å². The SMILES string of the molecule is Cc1nc(C(=O)Nc2ccnc(Cl)c2)c(NCC2CC2)s1. The van der Waals surface area contributed by atoms with Gasteiger partial charge in [-0.05, 0) is 37.8 Å². The molecule has 1 fully saturated rings. The summed E-state index contributed by atoms with van der Waals surface area (Å²) in [7, 11) is 0. The third-order valence-corrected chi connectivity index (χ3v) is 4.32. The van der Waals surface area contributed by atoms with Crippen molar-refractivity contribution in [2.75, 3.05) is 17.2 Å². The van der Waals surface area contributed by atoms with Crippen LogP contribution in [0.5, 0.6) is 0 Å². The number of thiazole rings is 1. The van der Waals surface area contributed by atoms with E-state index in [-0.39, 0.29) is 5.91 Å². The number of nitrogens with one attached hydrogen (secondary N) is 2. The summed E-state index contributed by atoms with van der Waals surface area (Å²) < 4.78 is 0. The van der Waals surface area contributed by atoms with Gasteiger partial charge >= 0.3 is 0 Å². The number of hydrogen-bond donors (Lipinski definition) is 2. The maximum absolute atomic E-state index is 12.3. The van der Waals surface area contributed by atoms with E-state index >= 15 is 0 Å². The molecule has 3 rings (SSSR count). The highest BCUT2D eigenvalue weighted by molar-refractivity contribution is 7.16. The lowest BCUT2D eigenvalue weighted by molar-refractivity contribution is 0.102. The molecule has 0 atom stereocenters. The second-order valence-electron chi connectivity index (χ2n) is 5.06. The van der Waals surface area contributed by atoms with Crippen molar-refractivity contribution in [3.05, 3.63) is 34.2 Å². The van der Waals surface area contributed by atoms with Crippen molar-refractivity contribution in [1.82, 2.24) is 9.97 Å². The minimum Gasteiger partial charge on any atom is -0.375 e. The van der Waals surface area contributed by atoms with Gasteiger partial charge in [0.2, 0.25) is 0 Å². The molecule has 0 aromatic carbocycles. The summed E-state index contributed by atoms with van der Waals surface area (Å²) in [5, 5.41) is 8.17. The zero-order valence-corrected chi connectivity index (χ0v) is 13.1. The van der Waals surface area contributed by atoms with Gasteiger partial charge in [-0.2, -0.15) is 0 Å². The van der Waals surface area contributed by atoms with Crippen LogP contribution in [0.1, 0.15) is 28.3 Å². The Morgan fingerprint density at radius 1 is 1.52 bits per heavy atom. The number of carbonyl (C=O) groups excluding carboxylic acids is 1. The highest BCUT2D eigenvalue weighted by Gasteiger charge is 2.23. The third-order valence-electron chi connectivity index (χ3n) is 3.18. The predicted octanol–water partition coefficient (Wildman–Crippen LogP) is 3.57. The summed E-state index contributed by atoms with van der Waals surface area (Å²) in [6.45, 7) is 2.80. The van der Waals surface area contributed by atoms with Crippen molar-refractivity contribution in [2.45, 2.75) is 19.8 Å². The van der Waals surface area contributed by atoms with Crippen molar-refractivity contribution in [3.63, 3.8) is 0 Å². The number of aromatic nitrogens is 2. The minimum atomic E-state index is -0.236. The minimum absolute atomic E-state index is 0.236. The van der Waals surface area contributed by atoms with Crippen LogP contribution in [0.3, 0.4) is 0 Å². The van der Waals surface area contributed by atoms with Crippen LogP contribution in [-0.4, -0.2) is 22.4 Å². The van der Waals surface area contributed by atoms with E-state index in [0.29, 0.717) is 16.5 Å². The maximum Gasteiger partial charge on any atom is 0.277 e. The first-order valence-electron chi connectivity index (χ1n) is 6.76. The first-order valence-corrected chi connectivity index (χ1v) is 7.95. The number of aryl methyl sites for hydroxylation is 1. The fourth-order valence-corrected chi connectivity index (χ4v) is 2.93. The van der Waals surface area contributed by atoms with E-state index in [1.54, 1.807) is 18.3 Å². The average Bonchev–Trinajstić information content (AvgIpc) is 3.19. The molecule has 110 valence electrons. The molecule has 1 amide bonds. The van der Waals surface area contributed by atoms with Crippen molar-refractivity contribution in [3.8, 4) is 0 Å². The van der Waals surface area contributed by atoms with Crippen LogP contribution in [0.25, 0.3) is 0 Å². The zero-order chi connectivity index (χ0) is 14.8. The molecule has 5 nitrogen and oxygen atoms in total. The molecular formula is C14H15ClN4OS. The maximum atomic E-state index is 12.3. The van der Waals surface area contributed by atoms with Crippen LogP contribution in [-0.2, 0) is 0 Å². The number of amides is 1. The van der Waals surface area contributed by atoms with Gasteiger partial charge in [0.15, 0.2) is 5.69 Å². The van der Waals surface area contributed by atoms with E-state index in [1.165, 1.54) is 24.2 Å². The Kier molecular flexibility index (Phi) is 4.07. The Morgan fingerprint density at radius 3 is 3.05 bits per heavy atom. The smallest absolute Gasteiger partial charge is 0.277 e. The molecule has 21 heavy (non-hydrogen) atoms. The van der Waals surface area contributed by atoms with Gasteiger partial charge in [0.25, 0.3) is 5.91 Å². The van der Waals surface area contributed by atoms with Crippen molar-refractivity contribution < 1.29 is 4.79 Å². The molecule has 1 aliphatic rings. The van der Waals surface area contributed by atoms with Gasteiger partial charge < -0.3 is 10.6 Å². The third kappa shape index (κ3) is 3.71. The summed E-state index contributed by atoms with van der Waals surface area (Å²) in [6.07, 6.45) is 4.08. The van der Waals surface area contributed by atoms with Gasteiger partial charge in [0.05, 0.1) is 5.01 Å². The molecule has 2 N–H and O–H groups in total. The van der Waals surface area contributed by atoms with Gasteiger partial charge in [-0.15, -0.1) is 11.3 Å².